The van der Waals surface area contributed by atoms with Crippen molar-refractivity contribution < 1.29 is 4.74 Å². The highest BCUT2D eigenvalue weighted by molar-refractivity contribution is 5.35. The van der Waals surface area contributed by atoms with E-state index in [1.807, 2.05) is 6.07 Å². The molecule has 1 aliphatic carbocycles. The van der Waals surface area contributed by atoms with E-state index in [9.17, 15) is 0 Å². The van der Waals surface area contributed by atoms with Crippen molar-refractivity contribution in [1.82, 2.24) is 5.32 Å². The molecule has 0 amide bonds. The molecule has 0 heterocycles. The first-order valence-electron chi connectivity index (χ1n) is 8.64. The van der Waals surface area contributed by atoms with Crippen molar-refractivity contribution in [2.24, 2.45) is 11.8 Å². The largest absolute Gasteiger partial charge is 0.496 e. The molecule has 21 heavy (non-hydrogen) atoms. The van der Waals surface area contributed by atoms with Crippen LogP contribution in [0, 0.1) is 11.8 Å². The van der Waals surface area contributed by atoms with Crippen molar-refractivity contribution in [2.45, 2.75) is 58.4 Å². The Morgan fingerprint density at radius 2 is 1.76 bits per heavy atom. The Bertz CT molecular complexity index is 410. The normalized spacial score (nSPS) is 23.8. The molecule has 1 saturated carbocycles. The van der Waals surface area contributed by atoms with Crippen LogP contribution in [0.25, 0.3) is 0 Å². The van der Waals surface area contributed by atoms with Gasteiger partial charge in [-0.2, -0.15) is 0 Å². The second-order valence-electron chi connectivity index (χ2n) is 6.41. The molecule has 2 rings (SSSR count). The standard InChI is InChI=1S/C19H31NO/c1-4-15-10-12-16(13-11-15)14-20-18(5-2)17-8-6-7-9-19(17)21-3/h6-9,15-16,18,20H,4-5,10-14H2,1-3H3. The molecule has 1 aliphatic rings. The lowest BCUT2D eigenvalue weighted by atomic mass is 9.81. The minimum Gasteiger partial charge on any atom is -0.496 e. The molecule has 0 radical (unpaired) electrons. The molecule has 0 bridgehead atoms. The van der Waals surface area contributed by atoms with Crippen LogP contribution in [0.15, 0.2) is 24.3 Å². The van der Waals surface area contributed by atoms with Crippen LogP contribution < -0.4 is 10.1 Å². The van der Waals surface area contributed by atoms with Gasteiger partial charge in [0.25, 0.3) is 0 Å². The Morgan fingerprint density at radius 3 is 2.38 bits per heavy atom. The van der Waals surface area contributed by atoms with Gasteiger partial charge in [-0.05, 0) is 43.7 Å². The van der Waals surface area contributed by atoms with Crippen LogP contribution in [0.1, 0.15) is 64.0 Å². The van der Waals surface area contributed by atoms with E-state index in [1.54, 1.807) is 7.11 Å². The topological polar surface area (TPSA) is 21.3 Å². The van der Waals surface area contributed by atoms with Crippen LogP contribution in [0.5, 0.6) is 5.75 Å². The van der Waals surface area contributed by atoms with Crippen LogP contribution in [0.3, 0.4) is 0 Å². The maximum atomic E-state index is 5.51. The molecule has 1 aromatic carbocycles. The van der Waals surface area contributed by atoms with Gasteiger partial charge in [0.05, 0.1) is 7.11 Å². The van der Waals surface area contributed by atoms with E-state index in [0.717, 1.165) is 30.6 Å². The third-order valence-electron chi connectivity index (χ3n) is 5.12. The SMILES string of the molecule is CCC1CCC(CNC(CC)c2ccccc2OC)CC1. The maximum Gasteiger partial charge on any atom is 0.123 e. The zero-order valence-corrected chi connectivity index (χ0v) is 13.9. The van der Waals surface area contributed by atoms with E-state index >= 15 is 0 Å². The number of rotatable bonds is 7. The highest BCUT2D eigenvalue weighted by atomic mass is 16.5. The first kappa shape index (κ1) is 16.4. The first-order chi connectivity index (χ1) is 10.3. The Hall–Kier alpha value is -1.02. The first-order valence-corrected chi connectivity index (χ1v) is 8.64. The summed E-state index contributed by atoms with van der Waals surface area (Å²) in [5, 5.41) is 3.78. The summed E-state index contributed by atoms with van der Waals surface area (Å²) in [6, 6.07) is 8.81. The fourth-order valence-corrected chi connectivity index (χ4v) is 3.58. The Balaban J connectivity index is 1.88. The molecule has 0 aliphatic heterocycles. The molecule has 0 saturated heterocycles. The van der Waals surface area contributed by atoms with Crippen molar-refractivity contribution in [3.05, 3.63) is 29.8 Å². The monoisotopic (exact) mass is 289 g/mol. The molecule has 0 aromatic heterocycles. The molecule has 2 heteroatoms. The Morgan fingerprint density at radius 1 is 1.10 bits per heavy atom. The smallest absolute Gasteiger partial charge is 0.123 e. The molecule has 0 spiro atoms. The van der Waals surface area contributed by atoms with Crippen LogP contribution >= 0.6 is 0 Å². The molecule has 1 atom stereocenters. The average Bonchev–Trinajstić information content (AvgIpc) is 2.56. The number of para-hydroxylation sites is 1. The van der Waals surface area contributed by atoms with Crippen molar-refractivity contribution in [1.29, 1.82) is 0 Å². The van der Waals surface area contributed by atoms with E-state index in [0.29, 0.717) is 6.04 Å². The van der Waals surface area contributed by atoms with Crippen molar-refractivity contribution in [3.63, 3.8) is 0 Å². The summed E-state index contributed by atoms with van der Waals surface area (Å²) >= 11 is 0. The summed E-state index contributed by atoms with van der Waals surface area (Å²) in [6.07, 6.45) is 8.11. The lowest BCUT2D eigenvalue weighted by molar-refractivity contribution is 0.255. The summed E-state index contributed by atoms with van der Waals surface area (Å²) in [5.74, 6) is 2.85. The van der Waals surface area contributed by atoms with Crippen molar-refractivity contribution in [3.8, 4) is 5.75 Å². The van der Waals surface area contributed by atoms with Crippen molar-refractivity contribution >= 4 is 0 Å². The minimum atomic E-state index is 0.407. The third-order valence-corrected chi connectivity index (χ3v) is 5.12. The maximum absolute atomic E-state index is 5.51. The Kier molecular flexibility index (Phi) is 6.56. The van der Waals surface area contributed by atoms with Gasteiger partial charge in [-0.3, -0.25) is 0 Å². The zero-order chi connectivity index (χ0) is 15.1. The fraction of sp³-hybridized carbons (Fsp3) is 0.684. The molecule has 2 nitrogen and oxygen atoms in total. The van der Waals surface area contributed by atoms with Gasteiger partial charge >= 0.3 is 0 Å². The van der Waals surface area contributed by atoms with Crippen LogP contribution in [0.4, 0.5) is 0 Å². The summed E-state index contributed by atoms with van der Waals surface area (Å²) in [5.41, 5.74) is 1.30. The lowest BCUT2D eigenvalue weighted by Crippen LogP contribution is -2.29. The van der Waals surface area contributed by atoms with Gasteiger partial charge in [-0.1, -0.05) is 51.3 Å². The van der Waals surface area contributed by atoms with Gasteiger partial charge in [-0.15, -0.1) is 0 Å². The van der Waals surface area contributed by atoms with Gasteiger partial charge in [0.2, 0.25) is 0 Å². The van der Waals surface area contributed by atoms with Crippen LogP contribution in [-0.4, -0.2) is 13.7 Å². The van der Waals surface area contributed by atoms with E-state index in [2.05, 4.69) is 37.4 Å². The van der Waals surface area contributed by atoms with Gasteiger partial charge in [0, 0.05) is 11.6 Å². The summed E-state index contributed by atoms with van der Waals surface area (Å²) in [4.78, 5) is 0. The quantitative estimate of drug-likeness (QED) is 0.766. The van der Waals surface area contributed by atoms with Gasteiger partial charge < -0.3 is 10.1 Å². The summed E-state index contributed by atoms with van der Waals surface area (Å²) < 4.78 is 5.51. The number of ether oxygens (including phenoxy) is 1. The van der Waals surface area contributed by atoms with E-state index in [-0.39, 0.29) is 0 Å². The number of nitrogens with one attached hydrogen (secondary N) is 1. The second-order valence-corrected chi connectivity index (χ2v) is 6.41. The highest BCUT2D eigenvalue weighted by Gasteiger charge is 2.21. The highest BCUT2D eigenvalue weighted by Crippen LogP contribution is 2.31. The molecule has 1 unspecified atom stereocenters. The minimum absolute atomic E-state index is 0.407. The molecule has 1 fully saturated rings. The van der Waals surface area contributed by atoms with Crippen LogP contribution in [-0.2, 0) is 0 Å². The third kappa shape index (κ3) is 4.47. The predicted molar refractivity (Wildman–Crippen MR) is 89.8 cm³/mol. The second kappa shape index (κ2) is 8.43. The van der Waals surface area contributed by atoms with Gasteiger partial charge in [-0.25, -0.2) is 0 Å². The summed E-state index contributed by atoms with van der Waals surface area (Å²) in [7, 11) is 1.76. The molecular formula is C19H31NO. The van der Waals surface area contributed by atoms with E-state index < -0.39 is 0 Å². The predicted octanol–water partition coefficient (Wildman–Crippen LogP) is 4.95. The van der Waals surface area contributed by atoms with Gasteiger partial charge in [0.1, 0.15) is 5.75 Å². The van der Waals surface area contributed by atoms with E-state index in [4.69, 9.17) is 4.74 Å². The molecule has 1 N–H and O–H groups in total. The molecular weight excluding hydrogens is 258 g/mol. The number of hydrogen-bond acceptors (Lipinski definition) is 2. The lowest BCUT2D eigenvalue weighted by Gasteiger charge is -2.29. The number of hydrogen-bond donors (Lipinski definition) is 1. The molecule has 1 aromatic rings. The molecule has 118 valence electrons. The van der Waals surface area contributed by atoms with Gasteiger partial charge in [0.15, 0.2) is 0 Å². The van der Waals surface area contributed by atoms with Crippen molar-refractivity contribution in [2.75, 3.05) is 13.7 Å². The zero-order valence-electron chi connectivity index (χ0n) is 13.9. The fourth-order valence-electron chi connectivity index (χ4n) is 3.58. The van der Waals surface area contributed by atoms with Crippen LogP contribution in [0.2, 0.25) is 0 Å². The number of methoxy groups -OCH3 is 1. The number of benzene rings is 1. The van der Waals surface area contributed by atoms with E-state index in [1.165, 1.54) is 37.7 Å². The summed E-state index contributed by atoms with van der Waals surface area (Å²) in [6.45, 7) is 5.73. The average molecular weight is 289 g/mol. The Labute approximate surface area is 130 Å².